The molecular weight excluding hydrogens is 316 g/mol. The van der Waals surface area contributed by atoms with Crippen molar-refractivity contribution in [3.05, 3.63) is 36.2 Å². The molecule has 4 rings (SSSR count). The number of carbonyl (C=O) groups excluding carboxylic acids is 1. The topological polar surface area (TPSA) is 62.5 Å². The average molecular weight is 340 g/mol. The van der Waals surface area contributed by atoms with Crippen molar-refractivity contribution in [3.8, 4) is 11.5 Å². The molecule has 6 nitrogen and oxygen atoms in total. The number of aromatic nitrogens is 2. The first-order valence-electron chi connectivity index (χ1n) is 9.11. The Bertz CT molecular complexity index is 730. The van der Waals surface area contributed by atoms with Gasteiger partial charge in [0, 0.05) is 31.1 Å². The standard InChI is InChI=1S/C19H24N4O2/c1-14(24)23-12-6-10-17(23)16-9-5-11-22(16)13-18-20-21-19(25-18)15-7-3-2-4-8-15/h2-4,7-8,16-17H,5-6,9-13H2,1H3/t16-,17-/m0/s1. The average Bonchev–Trinajstić information content (AvgIpc) is 3.36. The Morgan fingerprint density at radius 1 is 1.12 bits per heavy atom. The minimum atomic E-state index is 0.193. The summed E-state index contributed by atoms with van der Waals surface area (Å²) >= 11 is 0. The van der Waals surface area contributed by atoms with Gasteiger partial charge in [-0.1, -0.05) is 18.2 Å². The fourth-order valence-corrected chi connectivity index (χ4v) is 4.26. The normalized spacial score (nSPS) is 24.1. The molecule has 0 N–H and O–H groups in total. The van der Waals surface area contributed by atoms with Crippen molar-refractivity contribution in [1.82, 2.24) is 20.0 Å². The summed E-state index contributed by atoms with van der Waals surface area (Å²) in [5, 5.41) is 8.42. The maximum Gasteiger partial charge on any atom is 0.247 e. The van der Waals surface area contributed by atoms with Gasteiger partial charge in [-0.15, -0.1) is 10.2 Å². The van der Waals surface area contributed by atoms with E-state index in [2.05, 4.69) is 15.1 Å². The van der Waals surface area contributed by atoms with E-state index < -0.39 is 0 Å². The molecule has 3 heterocycles. The molecule has 2 atom stereocenters. The quantitative estimate of drug-likeness (QED) is 0.856. The Hall–Kier alpha value is -2.21. The van der Waals surface area contributed by atoms with Crippen molar-refractivity contribution in [2.75, 3.05) is 13.1 Å². The number of benzene rings is 1. The van der Waals surface area contributed by atoms with Gasteiger partial charge in [-0.2, -0.15) is 0 Å². The number of amides is 1. The second-order valence-corrected chi connectivity index (χ2v) is 6.97. The zero-order valence-electron chi connectivity index (χ0n) is 14.6. The molecule has 0 bridgehead atoms. The van der Waals surface area contributed by atoms with Gasteiger partial charge in [0.25, 0.3) is 0 Å². The SMILES string of the molecule is CC(=O)N1CCC[C@H]1[C@@H]1CCCN1Cc1nnc(-c2ccccc2)o1. The molecule has 1 amide bonds. The number of likely N-dealkylation sites (tertiary alicyclic amines) is 2. The van der Waals surface area contributed by atoms with Crippen LogP contribution in [-0.2, 0) is 11.3 Å². The van der Waals surface area contributed by atoms with E-state index in [1.54, 1.807) is 6.92 Å². The van der Waals surface area contributed by atoms with Crippen molar-refractivity contribution < 1.29 is 9.21 Å². The minimum absolute atomic E-state index is 0.193. The molecular formula is C19H24N4O2. The van der Waals surface area contributed by atoms with Crippen LogP contribution in [-0.4, -0.2) is 51.1 Å². The lowest BCUT2D eigenvalue weighted by Gasteiger charge is -2.34. The predicted octanol–water partition coefficient (Wildman–Crippen LogP) is 2.71. The second-order valence-electron chi connectivity index (χ2n) is 6.97. The van der Waals surface area contributed by atoms with Crippen molar-refractivity contribution >= 4 is 5.91 Å². The Balaban J connectivity index is 1.47. The largest absolute Gasteiger partial charge is 0.419 e. The molecule has 1 aromatic carbocycles. The summed E-state index contributed by atoms with van der Waals surface area (Å²) in [5.74, 6) is 1.41. The predicted molar refractivity (Wildman–Crippen MR) is 93.6 cm³/mol. The third-order valence-electron chi connectivity index (χ3n) is 5.39. The number of carbonyl (C=O) groups is 1. The van der Waals surface area contributed by atoms with Gasteiger partial charge in [0.1, 0.15) is 0 Å². The third-order valence-corrected chi connectivity index (χ3v) is 5.39. The van der Waals surface area contributed by atoms with Gasteiger partial charge in [-0.05, 0) is 44.4 Å². The molecule has 0 radical (unpaired) electrons. The van der Waals surface area contributed by atoms with E-state index in [1.807, 2.05) is 35.2 Å². The Labute approximate surface area is 147 Å². The van der Waals surface area contributed by atoms with Gasteiger partial charge in [0.15, 0.2) is 0 Å². The molecule has 25 heavy (non-hydrogen) atoms. The number of rotatable bonds is 4. The van der Waals surface area contributed by atoms with Crippen LogP contribution in [0.2, 0.25) is 0 Å². The lowest BCUT2D eigenvalue weighted by molar-refractivity contribution is -0.130. The fraction of sp³-hybridized carbons (Fsp3) is 0.526. The molecule has 6 heteroatoms. The number of nitrogens with zero attached hydrogens (tertiary/aromatic N) is 4. The van der Waals surface area contributed by atoms with Crippen LogP contribution >= 0.6 is 0 Å². The Morgan fingerprint density at radius 2 is 1.88 bits per heavy atom. The number of hydrogen-bond acceptors (Lipinski definition) is 5. The minimum Gasteiger partial charge on any atom is -0.419 e. The van der Waals surface area contributed by atoms with Crippen LogP contribution < -0.4 is 0 Å². The molecule has 0 saturated carbocycles. The first-order chi connectivity index (χ1) is 12.2. The van der Waals surface area contributed by atoms with E-state index in [1.165, 1.54) is 0 Å². The number of hydrogen-bond donors (Lipinski definition) is 0. The fourth-order valence-electron chi connectivity index (χ4n) is 4.26. The maximum absolute atomic E-state index is 11.9. The summed E-state index contributed by atoms with van der Waals surface area (Å²) in [6.07, 6.45) is 4.49. The summed E-state index contributed by atoms with van der Waals surface area (Å²) in [6, 6.07) is 10.6. The molecule has 1 aromatic heterocycles. The Kier molecular flexibility index (Phi) is 4.53. The van der Waals surface area contributed by atoms with E-state index >= 15 is 0 Å². The smallest absolute Gasteiger partial charge is 0.247 e. The zero-order valence-corrected chi connectivity index (χ0v) is 14.6. The van der Waals surface area contributed by atoms with E-state index in [0.717, 1.165) is 44.3 Å². The van der Waals surface area contributed by atoms with Gasteiger partial charge in [0.05, 0.1) is 6.54 Å². The first kappa shape index (κ1) is 16.3. The molecule has 2 aromatic rings. The summed E-state index contributed by atoms with van der Waals surface area (Å²) < 4.78 is 5.87. The van der Waals surface area contributed by atoms with Crippen LogP contribution in [0, 0.1) is 0 Å². The molecule has 0 spiro atoms. The summed E-state index contributed by atoms with van der Waals surface area (Å²) in [5.41, 5.74) is 0.942. The maximum atomic E-state index is 11.9. The van der Waals surface area contributed by atoms with Crippen molar-refractivity contribution in [2.24, 2.45) is 0 Å². The summed E-state index contributed by atoms with van der Waals surface area (Å²) in [7, 11) is 0. The molecule has 0 aliphatic carbocycles. The highest BCUT2D eigenvalue weighted by atomic mass is 16.4. The molecule has 2 aliphatic heterocycles. The van der Waals surface area contributed by atoms with Crippen molar-refractivity contribution in [1.29, 1.82) is 0 Å². The zero-order chi connectivity index (χ0) is 17.2. The molecule has 2 fully saturated rings. The van der Waals surface area contributed by atoms with Gasteiger partial charge >= 0.3 is 0 Å². The second kappa shape index (κ2) is 6.96. The van der Waals surface area contributed by atoms with Crippen LogP contribution in [0.4, 0.5) is 0 Å². The van der Waals surface area contributed by atoms with Crippen molar-refractivity contribution in [3.63, 3.8) is 0 Å². The lowest BCUT2D eigenvalue weighted by Crippen LogP contribution is -2.47. The Morgan fingerprint density at radius 3 is 2.68 bits per heavy atom. The highest BCUT2D eigenvalue weighted by Gasteiger charge is 2.39. The highest BCUT2D eigenvalue weighted by molar-refractivity contribution is 5.74. The third kappa shape index (κ3) is 3.31. The van der Waals surface area contributed by atoms with Gasteiger partial charge < -0.3 is 9.32 Å². The summed E-state index contributed by atoms with van der Waals surface area (Å²) in [4.78, 5) is 16.4. The van der Waals surface area contributed by atoms with Gasteiger partial charge in [-0.25, -0.2) is 0 Å². The van der Waals surface area contributed by atoms with Crippen LogP contribution in [0.1, 0.15) is 38.5 Å². The summed E-state index contributed by atoms with van der Waals surface area (Å²) in [6.45, 7) is 4.26. The molecule has 132 valence electrons. The first-order valence-corrected chi connectivity index (χ1v) is 9.11. The lowest BCUT2D eigenvalue weighted by atomic mass is 10.0. The van der Waals surface area contributed by atoms with Crippen LogP contribution in [0.15, 0.2) is 34.7 Å². The highest BCUT2D eigenvalue weighted by Crippen LogP contribution is 2.31. The van der Waals surface area contributed by atoms with E-state index in [9.17, 15) is 4.79 Å². The van der Waals surface area contributed by atoms with E-state index in [-0.39, 0.29) is 5.91 Å². The monoisotopic (exact) mass is 340 g/mol. The van der Waals surface area contributed by atoms with Gasteiger partial charge in [-0.3, -0.25) is 9.69 Å². The van der Waals surface area contributed by atoms with Crippen LogP contribution in [0.25, 0.3) is 11.5 Å². The van der Waals surface area contributed by atoms with Gasteiger partial charge in [0.2, 0.25) is 17.7 Å². The van der Waals surface area contributed by atoms with E-state index in [0.29, 0.717) is 30.4 Å². The van der Waals surface area contributed by atoms with Crippen LogP contribution in [0.5, 0.6) is 0 Å². The molecule has 0 unspecified atom stereocenters. The van der Waals surface area contributed by atoms with Crippen molar-refractivity contribution in [2.45, 2.75) is 51.2 Å². The molecule has 2 saturated heterocycles. The molecule has 2 aliphatic rings. The van der Waals surface area contributed by atoms with E-state index in [4.69, 9.17) is 4.42 Å². The van der Waals surface area contributed by atoms with Crippen LogP contribution in [0.3, 0.4) is 0 Å².